The van der Waals surface area contributed by atoms with Crippen molar-refractivity contribution in [2.24, 2.45) is 5.41 Å². The first-order chi connectivity index (χ1) is 9.85. The van der Waals surface area contributed by atoms with Gasteiger partial charge in [0, 0.05) is 5.92 Å². The van der Waals surface area contributed by atoms with Gasteiger partial charge in [0.25, 0.3) is 0 Å². The van der Waals surface area contributed by atoms with E-state index in [0.717, 1.165) is 24.0 Å². The van der Waals surface area contributed by atoms with Gasteiger partial charge in [0.15, 0.2) is 0 Å². The van der Waals surface area contributed by atoms with Crippen LogP contribution in [0.25, 0.3) is 0 Å². The summed E-state index contributed by atoms with van der Waals surface area (Å²) in [6, 6.07) is 13.3. The van der Waals surface area contributed by atoms with Gasteiger partial charge in [0.1, 0.15) is 11.6 Å². The fourth-order valence-electron chi connectivity index (χ4n) is 2.55. The smallest absolute Gasteiger partial charge is 0.123 e. The van der Waals surface area contributed by atoms with E-state index in [1.807, 2.05) is 12.1 Å². The summed E-state index contributed by atoms with van der Waals surface area (Å²) in [5, 5.41) is 0. The fourth-order valence-corrected chi connectivity index (χ4v) is 2.55. The standard InChI is InChI=1S/C19H22F2/c1-19(2,3)11-10-18(14-6-4-8-16(20)12-14)15-7-5-9-17(21)13-15/h4-9,12-13,18H,10-11H2,1-3H3. The molecule has 0 aliphatic heterocycles. The van der Waals surface area contributed by atoms with Gasteiger partial charge in [-0.15, -0.1) is 0 Å². The van der Waals surface area contributed by atoms with Crippen molar-refractivity contribution in [2.45, 2.75) is 39.5 Å². The molecular weight excluding hydrogens is 266 g/mol. The number of halogens is 2. The highest BCUT2D eigenvalue weighted by Crippen LogP contribution is 2.34. The Kier molecular flexibility index (Phi) is 4.76. The predicted octanol–water partition coefficient (Wildman–Crippen LogP) is 5.92. The second-order valence-corrected chi connectivity index (χ2v) is 6.76. The van der Waals surface area contributed by atoms with Crippen LogP contribution in [0.1, 0.15) is 50.7 Å². The van der Waals surface area contributed by atoms with Gasteiger partial charge >= 0.3 is 0 Å². The van der Waals surface area contributed by atoms with E-state index in [-0.39, 0.29) is 23.0 Å². The third kappa shape index (κ3) is 4.66. The zero-order valence-electron chi connectivity index (χ0n) is 12.9. The predicted molar refractivity (Wildman–Crippen MR) is 83.3 cm³/mol. The Morgan fingerprint density at radius 1 is 0.857 bits per heavy atom. The molecule has 0 spiro atoms. The van der Waals surface area contributed by atoms with Crippen LogP contribution in [0.15, 0.2) is 48.5 Å². The summed E-state index contributed by atoms with van der Waals surface area (Å²) in [7, 11) is 0. The van der Waals surface area contributed by atoms with Crippen LogP contribution in [0.5, 0.6) is 0 Å². The Hall–Kier alpha value is -1.70. The second-order valence-electron chi connectivity index (χ2n) is 6.76. The lowest BCUT2D eigenvalue weighted by Crippen LogP contribution is -2.10. The van der Waals surface area contributed by atoms with E-state index < -0.39 is 0 Å². The Balaban J connectivity index is 2.34. The van der Waals surface area contributed by atoms with Crippen molar-refractivity contribution in [3.63, 3.8) is 0 Å². The molecular formula is C19H22F2. The molecule has 0 aliphatic carbocycles. The van der Waals surface area contributed by atoms with Crippen LogP contribution in [-0.2, 0) is 0 Å². The molecule has 0 saturated carbocycles. The Bertz CT molecular complexity index is 551. The molecule has 2 rings (SSSR count). The lowest BCUT2D eigenvalue weighted by Gasteiger charge is -2.24. The van der Waals surface area contributed by atoms with E-state index in [1.54, 1.807) is 24.3 Å². The maximum absolute atomic E-state index is 13.5. The molecule has 0 nitrogen and oxygen atoms in total. The van der Waals surface area contributed by atoms with Crippen molar-refractivity contribution < 1.29 is 8.78 Å². The number of hydrogen-bond donors (Lipinski definition) is 0. The van der Waals surface area contributed by atoms with Crippen LogP contribution in [0.3, 0.4) is 0 Å². The molecule has 0 saturated heterocycles. The van der Waals surface area contributed by atoms with Crippen molar-refractivity contribution >= 4 is 0 Å². The normalized spacial score (nSPS) is 11.9. The van der Waals surface area contributed by atoms with Gasteiger partial charge in [0.2, 0.25) is 0 Å². The van der Waals surface area contributed by atoms with E-state index >= 15 is 0 Å². The molecule has 0 radical (unpaired) electrons. The molecule has 2 heteroatoms. The molecule has 0 bridgehead atoms. The molecule has 0 aromatic heterocycles. The molecule has 0 fully saturated rings. The number of hydrogen-bond acceptors (Lipinski definition) is 0. The molecule has 21 heavy (non-hydrogen) atoms. The summed E-state index contributed by atoms with van der Waals surface area (Å²) in [5.74, 6) is -0.468. The minimum atomic E-state index is -0.246. The average Bonchev–Trinajstić information content (AvgIpc) is 2.38. The second kappa shape index (κ2) is 6.38. The maximum atomic E-state index is 13.5. The summed E-state index contributed by atoms with van der Waals surface area (Å²) in [4.78, 5) is 0. The molecule has 2 aromatic carbocycles. The third-order valence-electron chi connectivity index (χ3n) is 3.69. The molecule has 0 unspecified atom stereocenters. The maximum Gasteiger partial charge on any atom is 0.123 e. The Morgan fingerprint density at radius 2 is 1.33 bits per heavy atom. The van der Waals surface area contributed by atoms with Crippen LogP contribution in [0, 0.1) is 17.0 Å². The first kappa shape index (κ1) is 15.7. The van der Waals surface area contributed by atoms with Crippen LogP contribution >= 0.6 is 0 Å². The summed E-state index contributed by atoms with van der Waals surface area (Å²) in [6.07, 6.45) is 1.86. The van der Waals surface area contributed by atoms with Gasteiger partial charge in [-0.2, -0.15) is 0 Å². The SMILES string of the molecule is CC(C)(C)CCC(c1cccc(F)c1)c1cccc(F)c1. The summed E-state index contributed by atoms with van der Waals surface area (Å²) in [5.41, 5.74) is 2.01. The molecule has 0 amide bonds. The van der Waals surface area contributed by atoms with Gasteiger partial charge in [0.05, 0.1) is 0 Å². The molecule has 2 aromatic rings. The van der Waals surface area contributed by atoms with E-state index in [9.17, 15) is 8.78 Å². The summed E-state index contributed by atoms with van der Waals surface area (Å²) < 4.78 is 27.0. The lowest BCUT2D eigenvalue weighted by atomic mass is 9.81. The highest BCUT2D eigenvalue weighted by atomic mass is 19.1. The fraction of sp³-hybridized carbons (Fsp3) is 0.368. The first-order valence-electron chi connectivity index (χ1n) is 7.36. The Morgan fingerprint density at radius 3 is 1.71 bits per heavy atom. The first-order valence-corrected chi connectivity index (χ1v) is 7.36. The minimum Gasteiger partial charge on any atom is -0.207 e. The largest absolute Gasteiger partial charge is 0.207 e. The van der Waals surface area contributed by atoms with Gasteiger partial charge < -0.3 is 0 Å². The zero-order chi connectivity index (χ0) is 15.5. The van der Waals surface area contributed by atoms with E-state index in [0.29, 0.717) is 0 Å². The van der Waals surface area contributed by atoms with Gasteiger partial charge in [-0.1, -0.05) is 45.0 Å². The number of benzene rings is 2. The quantitative estimate of drug-likeness (QED) is 0.654. The van der Waals surface area contributed by atoms with E-state index in [2.05, 4.69) is 20.8 Å². The van der Waals surface area contributed by atoms with Crippen molar-refractivity contribution in [3.8, 4) is 0 Å². The van der Waals surface area contributed by atoms with Gasteiger partial charge in [-0.3, -0.25) is 0 Å². The lowest BCUT2D eigenvalue weighted by molar-refractivity contribution is 0.356. The van der Waals surface area contributed by atoms with Gasteiger partial charge in [-0.05, 0) is 53.6 Å². The van der Waals surface area contributed by atoms with Gasteiger partial charge in [-0.25, -0.2) is 8.78 Å². The van der Waals surface area contributed by atoms with Crippen LogP contribution in [-0.4, -0.2) is 0 Å². The molecule has 0 atom stereocenters. The van der Waals surface area contributed by atoms with Crippen LogP contribution in [0.4, 0.5) is 8.78 Å². The summed E-state index contributed by atoms with van der Waals surface area (Å²) >= 11 is 0. The monoisotopic (exact) mass is 288 g/mol. The molecule has 0 N–H and O–H groups in total. The molecule has 112 valence electrons. The van der Waals surface area contributed by atoms with Crippen molar-refractivity contribution in [3.05, 3.63) is 71.3 Å². The van der Waals surface area contributed by atoms with E-state index in [1.165, 1.54) is 12.1 Å². The highest BCUT2D eigenvalue weighted by Gasteiger charge is 2.19. The van der Waals surface area contributed by atoms with Crippen molar-refractivity contribution in [1.82, 2.24) is 0 Å². The Labute approximate surface area is 125 Å². The number of rotatable bonds is 4. The highest BCUT2D eigenvalue weighted by molar-refractivity contribution is 5.33. The zero-order valence-corrected chi connectivity index (χ0v) is 12.9. The molecule has 0 heterocycles. The third-order valence-corrected chi connectivity index (χ3v) is 3.69. The van der Waals surface area contributed by atoms with Crippen LogP contribution < -0.4 is 0 Å². The van der Waals surface area contributed by atoms with Crippen molar-refractivity contribution in [2.75, 3.05) is 0 Å². The van der Waals surface area contributed by atoms with Crippen LogP contribution in [0.2, 0.25) is 0 Å². The topological polar surface area (TPSA) is 0 Å². The van der Waals surface area contributed by atoms with E-state index in [4.69, 9.17) is 0 Å². The molecule has 0 aliphatic rings. The minimum absolute atomic E-state index is 0.0237. The summed E-state index contributed by atoms with van der Waals surface area (Å²) in [6.45, 7) is 6.55. The van der Waals surface area contributed by atoms with Crippen molar-refractivity contribution in [1.29, 1.82) is 0 Å². The average molecular weight is 288 g/mol.